The molecule has 0 radical (unpaired) electrons. The largest absolute Gasteiger partial charge is 0.270 e. The number of anilines is 1. The Labute approximate surface area is 177 Å². The maximum atomic E-state index is 12.9. The molecule has 0 bridgehead atoms. The summed E-state index contributed by atoms with van der Waals surface area (Å²) in [4.78, 5) is 0.161. The quantitative estimate of drug-likeness (QED) is 0.724. The fraction of sp³-hybridized carbons (Fsp3) is 0.500. The molecule has 2 aliphatic rings. The Kier molecular flexibility index (Phi) is 5.76. The van der Waals surface area contributed by atoms with Gasteiger partial charge in [-0.3, -0.25) is 4.31 Å². The van der Waals surface area contributed by atoms with Crippen LogP contribution in [-0.2, 0) is 25.5 Å². The van der Waals surface area contributed by atoms with Crippen LogP contribution in [-0.4, -0.2) is 35.7 Å². The van der Waals surface area contributed by atoms with E-state index in [0.717, 1.165) is 32.1 Å². The van der Waals surface area contributed by atoms with E-state index in [9.17, 15) is 16.8 Å². The second-order valence-electron chi connectivity index (χ2n) is 7.91. The standard InChI is InChI=1S/C20H26N2O4S3/c23-28(24)14-4-3-12-22(28)18-5-7-19(8-6-18)29(25,26)21-16-20(10-1-2-11-20)17-9-13-27-15-17/h5-9,13,15,21H,1-4,10-12,14,16H2. The van der Waals surface area contributed by atoms with Crippen LogP contribution in [0, 0.1) is 0 Å². The average Bonchev–Trinajstić information content (AvgIpc) is 3.39. The molecule has 1 aliphatic heterocycles. The predicted octanol–water partition coefficient (Wildman–Crippen LogP) is 3.47. The van der Waals surface area contributed by atoms with Crippen molar-refractivity contribution in [2.45, 2.75) is 48.8 Å². The molecule has 1 aliphatic carbocycles. The second kappa shape index (κ2) is 8.02. The van der Waals surface area contributed by atoms with Crippen molar-refractivity contribution in [2.75, 3.05) is 23.1 Å². The highest BCUT2D eigenvalue weighted by atomic mass is 32.2. The Hall–Kier alpha value is -1.42. The lowest BCUT2D eigenvalue weighted by Gasteiger charge is -2.29. The van der Waals surface area contributed by atoms with Crippen LogP contribution >= 0.6 is 11.3 Å². The topological polar surface area (TPSA) is 83.6 Å². The normalized spacial score (nSPS) is 21.3. The van der Waals surface area contributed by atoms with Gasteiger partial charge in [0.15, 0.2) is 0 Å². The molecule has 158 valence electrons. The van der Waals surface area contributed by atoms with E-state index in [1.165, 1.54) is 22.0 Å². The van der Waals surface area contributed by atoms with E-state index in [1.54, 1.807) is 23.5 Å². The SMILES string of the molecule is O=S(=O)(NCC1(c2ccsc2)CCCC1)c1ccc(N2CCCCS2(=O)=O)cc1. The van der Waals surface area contributed by atoms with E-state index >= 15 is 0 Å². The van der Waals surface area contributed by atoms with Gasteiger partial charge in [0.2, 0.25) is 20.0 Å². The van der Waals surface area contributed by atoms with E-state index in [1.807, 2.05) is 5.38 Å². The summed E-state index contributed by atoms with van der Waals surface area (Å²) in [5.74, 6) is 0.138. The van der Waals surface area contributed by atoms with Crippen molar-refractivity contribution in [3.8, 4) is 0 Å². The molecule has 1 aromatic carbocycles. The highest BCUT2D eigenvalue weighted by Gasteiger charge is 2.37. The first-order chi connectivity index (χ1) is 13.8. The number of rotatable bonds is 6. The summed E-state index contributed by atoms with van der Waals surface area (Å²) in [6, 6.07) is 8.25. The molecule has 2 aromatic rings. The summed E-state index contributed by atoms with van der Waals surface area (Å²) in [6.07, 6.45) is 5.66. The summed E-state index contributed by atoms with van der Waals surface area (Å²) in [6.45, 7) is 0.824. The highest BCUT2D eigenvalue weighted by molar-refractivity contribution is 7.92. The van der Waals surface area contributed by atoms with Crippen LogP contribution in [0.1, 0.15) is 44.1 Å². The number of hydrogen-bond donors (Lipinski definition) is 1. The van der Waals surface area contributed by atoms with Gasteiger partial charge in [-0.05, 0) is 72.3 Å². The summed E-state index contributed by atoms with van der Waals surface area (Å²) < 4.78 is 54.5. The van der Waals surface area contributed by atoms with E-state index in [0.29, 0.717) is 25.2 Å². The zero-order valence-electron chi connectivity index (χ0n) is 16.2. The second-order valence-corrected chi connectivity index (χ2v) is 12.5. The summed E-state index contributed by atoms with van der Waals surface area (Å²) in [5, 5.41) is 4.16. The lowest BCUT2D eigenvalue weighted by molar-refractivity contribution is 0.433. The molecule has 29 heavy (non-hydrogen) atoms. The minimum atomic E-state index is -3.67. The number of nitrogens with zero attached hydrogens (tertiary/aromatic N) is 1. The number of hydrogen-bond acceptors (Lipinski definition) is 5. The molecule has 1 saturated carbocycles. The van der Waals surface area contributed by atoms with E-state index in [4.69, 9.17) is 0 Å². The third kappa shape index (κ3) is 4.23. The molecule has 6 nitrogen and oxygen atoms in total. The smallest absolute Gasteiger partial charge is 0.240 e. The summed E-state index contributed by atoms with van der Waals surface area (Å²) >= 11 is 1.64. The van der Waals surface area contributed by atoms with Gasteiger partial charge >= 0.3 is 0 Å². The molecule has 1 saturated heterocycles. The maximum Gasteiger partial charge on any atom is 0.240 e. The van der Waals surface area contributed by atoms with Gasteiger partial charge in [-0.1, -0.05) is 12.8 Å². The van der Waals surface area contributed by atoms with Crippen LogP contribution < -0.4 is 9.03 Å². The fourth-order valence-corrected chi connectivity index (χ4v) is 7.92. The zero-order valence-corrected chi connectivity index (χ0v) is 18.7. The minimum absolute atomic E-state index is 0.130. The molecule has 0 spiro atoms. The summed E-state index contributed by atoms with van der Waals surface area (Å²) in [5.41, 5.74) is 1.61. The van der Waals surface area contributed by atoms with Crippen molar-refractivity contribution >= 4 is 37.1 Å². The summed E-state index contributed by atoms with van der Waals surface area (Å²) in [7, 11) is -6.98. The first-order valence-electron chi connectivity index (χ1n) is 9.95. The third-order valence-electron chi connectivity index (χ3n) is 6.08. The Morgan fingerprint density at radius 2 is 1.76 bits per heavy atom. The van der Waals surface area contributed by atoms with Gasteiger partial charge in [0.05, 0.1) is 16.3 Å². The van der Waals surface area contributed by atoms with Crippen molar-refractivity contribution in [3.05, 3.63) is 46.7 Å². The number of benzene rings is 1. The molecule has 0 unspecified atom stereocenters. The van der Waals surface area contributed by atoms with Crippen molar-refractivity contribution in [1.29, 1.82) is 0 Å². The van der Waals surface area contributed by atoms with E-state index in [2.05, 4.69) is 16.2 Å². The maximum absolute atomic E-state index is 12.9. The van der Waals surface area contributed by atoms with Crippen molar-refractivity contribution in [1.82, 2.24) is 4.72 Å². The molecule has 4 rings (SSSR count). The fourth-order valence-electron chi connectivity index (χ4n) is 4.37. The van der Waals surface area contributed by atoms with Crippen LogP contribution in [0.2, 0.25) is 0 Å². The predicted molar refractivity (Wildman–Crippen MR) is 116 cm³/mol. The van der Waals surface area contributed by atoms with Gasteiger partial charge in [0, 0.05) is 18.5 Å². The molecule has 1 aromatic heterocycles. The number of sulfonamides is 2. The van der Waals surface area contributed by atoms with Gasteiger partial charge in [-0.25, -0.2) is 21.6 Å². The Bertz CT molecular complexity index is 1040. The van der Waals surface area contributed by atoms with E-state index < -0.39 is 20.0 Å². The minimum Gasteiger partial charge on any atom is -0.270 e. The number of thiophene rings is 1. The first kappa shape index (κ1) is 20.8. The molecule has 2 fully saturated rings. The van der Waals surface area contributed by atoms with Crippen molar-refractivity contribution in [3.63, 3.8) is 0 Å². The van der Waals surface area contributed by atoms with Gasteiger partial charge in [0.1, 0.15) is 0 Å². The van der Waals surface area contributed by atoms with Gasteiger partial charge in [-0.2, -0.15) is 11.3 Å². The first-order valence-corrected chi connectivity index (χ1v) is 14.0. The van der Waals surface area contributed by atoms with Gasteiger partial charge in [-0.15, -0.1) is 0 Å². The van der Waals surface area contributed by atoms with Crippen LogP contribution in [0.25, 0.3) is 0 Å². The molecular formula is C20H26N2O4S3. The Morgan fingerprint density at radius 1 is 1.03 bits per heavy atom. The van der Waals surface area contributed by atoms with Crippen LogP contribution in [0.15, 0.2) is 46.0 Å². The molecule has 0 atom stereocenters. The lowest BCUT2D eigenvalue weighted by Crippen LogP contribution is -2.39. The highest BCUT2D eigenvalue weighted by Crippen LogP contribution is 2.41. The van der Waals surface area contributed by atoms with Crippen LogP contribution in [0.3, 0.4) is 0 Å². The average molecular weight is 455 g/mol. The zero-order chi connectivity index (χ0) is 20.5. The van der Waals surface area contributed by atoms with Crippen LogP contribution in [0.4, 0.5) is 5.69 Å². The third-order valence-corrected chi connectivity index (χ3v) is 10.0. The van der Waals surface area contributed by atoms with Crippen molar-refractivity contribution < 1.29 is 16.8 Å². The Morgan fingerprint density at radius 3 is 2.38 bits per heavy atom. The molecule has 0 amide bonds. The van der Waals surface area contributed by atoms with Gasteiger partial charge < -0.3 is 0 Å². The van der Waals surface area contributed by atoms with Crippen molar-refractivity contribution in [2.24, 2.45) is 0 Å². The Balaban J connectivity index is 1.50. The lowest BCUT2D eigenvalue weighted by atomic mass is 9.81. The molecule has 1 N–H and O–H groups in total. The van der Waals surface area contributed by atoms with E-state index in [-0.39, 0.29) is 16.1 Å². The molecule has 2 heterocycles. The molecule has 9 heteroatoms. The van der Waals surface area contributed by atoms with Gasteiger partial charge in [0.25, 0.3) is 0 Å². The number of nitrogens with one attached hydrogen (secondary N) is 1. The monoisotopic (exact) mass is 454 g/mol. The van der Waals surface area contributed by atoms with Crippen LogP contribution in [0.5, 0.6) is 0 Å². The molecular weight excluding hydrogens is 428 g/mol.